The van der Waals surface area contributed by atoms with Gasteiger partial charge in [0.15, 0.2) is 5.82 Å². The molecule has 0 amide bonds. The van der Waals surface area contributed by atoms with Crippen molar-refractivity contribution in [2.45, 2.75) is 93.3 Å². The molecule has 1 unspecified atom stereocenters. The van der Waals surface area contributed by atoms with Crippen LogP contribution in [0.3, 0.4) is 0 Å². The Labute approximate surface area is 328 Å². The van der Waals surface area contributed by atoms with Gasteiger partial charge in [-0.1, -0.05) is 18.9 Å². The van der Waals surface area contributed by atoms with Gasteiger partial charge in [0.25, 0.3) is 0 Å². The molecule has 2 aromatic heterocycles. The van der Waals surface area contributed by atoms with Gasteiger partial charge in [-0.2, -0.15) is 49.5 Å². The standard InChI is InChI=1S/C39H35F11N6O3/c1-3-20-16-56-21(15-51-20)7-9-27-29-32(30(41)31(52-27)25-13-22(57)12-19-6-8-26(40)24(4-2)28(19)25)53-34(54-33(29)56)58-18-35-10-5-11-55(35)17-23(14-35)59-36(37(42,43)44,38(45,46)47)39(48,49)50/h2,6,8,12-13,20-21,23,51,57H,3,5,7,9-11,14-18H2,1H3/t20-,21-,23?,35+/m1/s1. The summed E-state index contributed by atoms with van der Waals surface area (Å²) in [6, 6.07) is 4.38. The number of pyridine rings is 1. The maximum absolute atomic E-state index is 17.2. The Bertz CT molecular complexity index is 2330. The molecule has 0 radical (unpaired) electrons. The van der Waals surface area contributed by atoms with Gasteiger partial charge in [0.2, 0.25) is 0 Å². The van der Waals surface area contributed by atoms with Gasteiger partial charge < -0.3 is 24.8 Å². The Kier molecular flexibility index (Phi) is 9.86. The second-order valence-corrected chi connectivity index (χ2v) is 15.5. The van der Waals surface area contributed by atoms with Crippen molar-refractivity contribution in [3.8, 4) is 35.4 Å². The summed E-state index contributed by atoms with van der Waals surface area (Å²) in [5.41, 5.74) is -8.31. The largest absolute Gasteiger partial charge is 0.508 e. The minimum absolute atomic E-state index is 0.00595. The number of phenols is 1. The van der Waals surface area contributed by atoms with Crippen LogP contribution in [0, 0.1) is 24.0 Å². The number of piperazine rings is 1. The van der Waals surface area contributed by atoms with Gasteiger partial charge in [-0.3, -0.25) is 4.90 Å². The second-order valence-electron chi connectivity index (χ2n) is 15.5. The summed E-state index contributed by atoms with van der Waals surface area (Å²) in [7, 11) is 0. The number of ether oxygens (including phenoxy) is 2. The molecule has 0 saturated carbocycles. The lowest BCUT2D eigenvalue weighted by atomic mass is 9.93. The summed E-state index contributed by atoms with van der Waals surface area (Å²) in [4.78, 5) is 17.2. The molecular weight excluding hydrogens is 809 g/mol. The number of anilines is 1. The predicted molar refractivity (Wildman–Crippen MR) is 191 cm³/mol. The van der Waals surface area contributed by atoms with Crippen molar-refractivity contribution < 1.29 is 62.9 Å². The van der Waals surface area contributed by atoms with E-state index in [0.717, 1.165) is 12.5 Å². The zero-order chi connectivity index (χ0) is 42.4. The molecule has 4 aliphatic rings. The summed E-state index contributed by atoms with van der Waals surface area (Å²) >= 11 is 0. The first-order valence-electron chi connectivity index (χ1n) is 18.8. The monoisotopic (exact) mass is 844 g/mol. The summed E-state index contributed by atoms with van der Waals surface area (Å²) in [5.74, 6) is 0.441. The Morgan fingerprint density at radius 3 is 2.39 bits per heavy atom. The molecule has 3 saturated heterocycles. The zero-order valence-corrected chi connectivity index (χ0v) is 31.1. The molecule has 2 aromatic carbocycles. The van der Waals surface area contributed by atoms with Gasteiger partial charge in [0.05, 0.1) is 28.3 Å². The van der Waals surface area contributed by atoms with Crippen molar-refractivity contribution in [2.24, 2.45) is 0 Å². The lowest BCUT2D eigenvalue weighted by molar-refractivity contribution is -0.463. The SMILES string of the molecule is C#Cc1c(F)ccc2cc(O)cc(-c3nc4c5c(nc(OC[C@@]67CCCN6CC(OC(C(F)(F)F)(C(F)(F)F)C(F)(F)F)C7)nc5c3F)N3C[C@@H](CC)NC[C@H]3CC4)c12. The third-order valence-electron chi connectivity index (χ3n) is 12.0. The Morgan fingerprint density at radius 1 is 0.983 bits per heavy atom. The molecule has 6 heterocycles. The van der Waals surface area contributed by atoms with E-state index in [1.807, 2.05) is 11.8 Å². The number of hydrogen-bond acceptors (Lipinski definition) is 9. The quantitative estimate of drug-likeness (QED) is 0.143. The number of fused-ring (bicyclic) bond motifs is 4. The van der Waals surface area contributed by atoms with Crippen LogP contribution in [0.5, 0.6) is 11.8 Å². The van der Waals surface area contributed by atoms with Crippen LogP contribution in [-0.4, -0.2) is 106 Å². The number of nitrogens with zero attached hydrogens (tertiary/aromatic N) is 5. The molecule has 0 bridgehead atoms. The number of aromatic hydroxyl groups is 1. The number of aromatic nitrogens is 3. The van der Waals surface area contributed by atoms with E-state index in [9.17, 15) is 44.6 Å². The van der Waals surface area contributed by atoms with Crippen LogP contribution in [0.2, 0.25) is 0 Å². The lowest BCUT2D eigenvalue weighted by Gasteiger charge is -2.40. The highest BCUT2D eigenvalue weighted by atomic mass is 19.4. The number of alkyl halides is 9. The summed E-state index contributed by atoms with van der Waals surface area (Å²) < 4.78 is 167. The van der Waals surface area contributed by atoms with Crippen molar-refractivity contribution in [1.82, 2.24) is 25.2 Å². The van der Waals surface area contributed by atoms with E-state index in [1.165, 1.54) is 23.1 Å². The molecule has 4 atom stereocenters. The molecule has 0 spiro atoms. The molecule has 0 aliphatic carbocycles. The minimum atomic E-state index is -6.89. The molecule has 20 heteroatoms. The van der Waals surface area contributed by atoms with E-state index in [-0.39, 0.29) is 69.7 Å². The highest BCUT2D eigenvalue weighted by Crippen LogP contribution is 2.57. The second kappa shape index (κ2) is 14.2. The van der Waals surface area contributed by atoms with E-state index in [4.69, 9.17) is 16.1 Å². The highest BCUT2D eigenvalue weighted by molar-refractivity contribution is 6.03. The van der Waals surface area contributed by atoms with E-state index >= 15 is 8.78 Å². The maximum atomic E-state index is 17.2. The molecular formula is C39H35F11N6O3. The van der Waals surface area contributed by atoms with Crippen LogP contribution in [0.1, 0.15) is 50.3 Å². The number of terminal acetylenes is 1. The molecule has 2 N–H and O–H groups in total. The van der Waals surface area contributed by atoms with E-state index in [2.05, 4.69) is 25.9 Å². The molecule has 4 aliphatic heterocycles. The van der Waals surface area contributed by atoms with E-state index < -0.39 is 73.0 Å². The number of aryl methyl sites for hydroxylation is 1. The molecule has 8 rings (SSSR count). The Morgan fingerprint density at radius 2 is 1.71 bits per heavy atom. The fraction of sp³-hybridized carbons (Fsp3) is 0.513. The fourth-order valence-electron chi connectivity index (χ4n) is 9.23. The molecule has 9 nitrogen and oxygen atoms in total. The van der Waals surface area contributed by atoms with Crippen LogP contribution in [0.15, 0.2) is 24.3 Å². The van der Waals surface area contributed by atoms with Crippen LogP contribution in [-0.2, 0) is 11.2 Å². The third-order valence-corrected chi connectivity index (χ3v) is 12.0. The molecule has 316 valence electrons. The average molecular weight is 845 g/mol. The van der Waals surface area contributed by atoms with Crippen molar-refractivity contribution >= 4 is 27.5 Å². The van der Waals surface area contributed by atoms with Crippen molar-refractivity contribution in [1.29, 1.82) is 0 Å². The van der Waals surface area contributed by atoms with E-state index in [1.54, 1.807) is 0 Å². The molecule has 4 aromatic rings. The fourth-order valence-corrected chi connectivity index (χ4v) is 9.23. The average Bonchev–Trinajstić information content (AvgIpc) is 3.66. The topological polar surface area (TPSA) is 95.9 Å². The number of phenolic OH excluding ortho intramolecular Hbond substituents is 1. The van der Waals surface area contributed by atoms with Crippen LogP contribution < -0.4 is 15.0 Å². The smallest absolute Gasteiger partial charge is 0.435 e. The van der Waals surface area contributed by atoms with Crippen LogP contribution in [0.25, 0.3) is 32.9 Å². The van der Waals surface area contributed by atoms with Crippen LogP contribution in [0.4, 0.5) is 54.1 Å². The molecule has 3 fully saturated rings. The van der Waals surface area contributed by atoms with Gasteiger partial charge in [0.1, 0.15) is 35.2 Å². The normalized spacial score (nSPS) is 24.0. The summed E-state index contributed by atoms with van der Waals surface area (Å²) in [6.45, 7) is 1.82. The number of benzene rings is 2. The van der Waals surface area contributed by atoms with Crippen LogP contribution >= 0.6 is 0 Å². The maximum Gasteiger partial charge on any atom is 0.435 e. The first-order chi connectivity index (χ1) is 27.7. The minimum Gasteiger partial charge on any atom is -0.508 e. The van der Waals surface area contributed by atoms with Crippen molar-refractivity contribution in [2.75, 3.05) is 37.7 Å². The van der Waals surface area contributed by atoms with Gasteiger partial charge in [-0.15, -0.1) is 6.42 Å². The van der Waals surface area contributed by atoms with Gasteiger partial charge >= 0.3 is 30.1 Å². The van der Waals surface area contributed by atoms with Gasteiger partial charge in [-0.25, -0.2) is 13.8 Å². The predicted octanol–water partition coefficient (Wildman–Crippen LogP) is 7.74. The zero-order valence-electron chi connectivity index (χ0n) is 31.1. The molecule has 59 heavy (non-hydrogen) atoms. The third kappa shape index (κ3) is 6.54. The van der Waals surface area contributed by atoms with Gasteiger partial charge in [-0.05, 0) is 68.7 Å². The Hall–Kier alpha value is -4.74. The number of rotatable bonds is 7. The van der Waals surface area contributed by atoms with Gasteiger partial charge in [0, 0.05) is 42.7 Å². The number of hydrogen-bond donors (Lipinski definition) is 2. The first kappa shape index (κ1) is 41.0. The Balaban J connectivity index is 1.22. The highest BCUT2D eigenvalue weighted by Gasteiger charge is 2.86. The van der Waals surface area contributed by atoms with E-state index in [0.29, 0.717) is 43.4 Å². The summed E-state index contributed by atoms with van der Waals surface area (Å²) in [6.07, 6.45) is -15.8. The van der Waals surface area contributed by atoms with Crippen molar-refractivity contribution in [3.05, 3.63) is 47.2 Å². The number of nitrogens with one attached hydrogen (secondary N) is 1. The first-order valence-corrected chi connectivity index (χ1v) is 18.8. The lowest BCUT2D eigenvalue weighted by Crippen LogP contribution is -2.68. The summed E-state index contributed by atoms with van der Waals surface area (Å²) in [5, 5.41) is 14.8. The van der Waals surface area contributed by atoms with Crippen molar-refractivity contribution in [3.63, 3.8) is 0 Å². The number of halogens is 11.